The zero-order valence-corrected chi connectivity index (χ0v) is 21.6. The molecule has 0 aromatic rings. The maximum absolute atomic E-state index is 13.8. The van der Waals surface area contributed by atoms with Crippen LogP contribution in [0, 0.1) is 28.1 Å². The highest BCUT2D eigenvalue weighted by Crippen LogP contribution is 2.56. The van der Waals surface area contributed by atoms with Crippen LogP contribution in [-0.2, 0) is 0 Å². The average Bonchev–Trinajstić information content (AvgIpc) is 2.98. The minimum atomic E-state index is -0.260. The second-order valence-corrected chi connectivity index (χ2v) is 11.8. The summed E-state index contributed by atoms with van der Waals surface area (Å²) in [6, 6.07) is 0. The minimum absolute atomic E-state index is 0.0195. The van der Waals surface area contributed by atoms with Crippen LogP contribution >= 0.6 is 0 Å². The molecular weight excluding hydrogens is 367 g/mol. The van der Waals surface area contributed by atoms with E-state index in [9.17, 15) is 4.39 Å². The lowest BCUT2D eigenvalue weighted by molar-refractivity contribution is 0.176. The van der Waals surface area contributed by atoms with E-state index < -0.39 is 0 Å². The van der Waals surface area contributed by atoms with Crippen LogP contribution in [0.5, 0.6) is 0 Å². The Morgan fingerprint density at radius 1 is 1.10 bits per heavy atom. The van der Waals surface area contributed by atoms with E-state index in [2.05, 4.69) is 74.5 Å². The van der Waals surface area contributed by atoms with Crippen LogP contribution in [0.25, 0.3) is 0 Å². The zero-order valence-electron chi connectivity index (χ0n) is 21.6. The third-order valence-electron chi connectivity index (χ3n) is 9.23. The van der Waals surface area contributed by atoms with Gasteiger partial charge in [0.1, 0.15) is 0 Å². The van der Waals surface area contributed by atoms with Gasteiger partial charge in [-0.25, -0.2) is 0 Å². The van der Waals surface area contributed by atoms with Crippen molar-refractivity contribution in [2.45, 2.75) is 114 Å². The topological polar surface area (TPSA) is 0 Å². The van der Waals surface area contributed by atoms with Gasteiger partial charge in [-0.3, -0.25) is 4.39 Å². The van der Waals surface area contributed by atoms with Crippen LogP contribution in [-0.4, -0.2) is 6.67 Å². The first-order valence-corrected chi connectivity index (χ1v) is 12.6. The summed E-state index contributed by atoms with van der Waals surface area (Å²) in [6.07, 6.45) is 15.0. The zero-order chi connectivity index (χ0) is 22.7. The first kappa shape index (κ1) is 25.4. The summed E-state index contributed by atoms with van der Waals surface area (Å²) in [5.74, 6) is 0.557. The van der Waals surface area contributed by atoms with Gasteiger partial charge in [0.15, 0.2) is 0 Å². The molecule has 1 heteroatoms. The van der Waals surface area contributed by atoms with Crippen LogP contribution in [0.1, 0.15) is 114 Å². The molecule has 0 aromatic heterocycles. The number of alkyl halides is 1. The first-order chi connectivity index (χ1) is 13.9. The number of halogens is 1. The molecule has 0 radical (unpaired) electrons. The monoisotopic (exact) mass is 416 g/mol. The van der Waals surface area contributed by atoms with Gasteiger partial charge in [0.05, 0.1) is 6.67 Å². The Hall–Kier alpha value is -0.850. The molecule has 0 nitrogen and oxygen atoms in total. The Kier molecular flexibility index (Phi) is 8.25. The smallest absolute Gasteiger partial charge is 0.0931 e. The van der Waals surface area contributed by atoms with E-state index in [0.717, 1.165) is 0 Å². The maximum atomic E-state index is 13.8. The van der Waals surface area contributed by atoms with E-state index in [-0.39, 0.29) is 23.4 Å². The van der Waals surface area contributed by atoms with E-state index in [1.807, 2.05) is 0 Å². The van der Waals surface area contributed by atoms with Gasteiger partial charge in [0.2, 0.25) is 0 Å². The quantitative estimate of drug-likeness (QED) is 0.345. The Morgan fingerprint density at radius 3 is 2.37 bits per heavy atom. The molecule has 172 valence electrons. The molecular formula is C29H49F. The van der Waals surface area contributed by atoms with Crippen molar-refractivity contribution in [1.29, 1.82) is 0 Å². The molecule has 0 saturated carbocycles. The normalized spacial score (nSPS) is 32.9. The fourth-order valence-corrected chi connectivity index (χ4v) is 6.40. The van der Waals surface area contributed by atoms with E-state index in [0.29, 0.717) is 11.3 Å². The minimum Gasteiger partial charge on any atom is -0.251 e. The Morgan fingerprint density at radius 2 is 1.77 bits per heavy atom. The molecule has 4 atom stereocenters. The summed E-state index contributed by atoms with van der Waals surface area (Å²) in [4.78, 5) is 0. The second kappa shape index (κ2) is 9.74. The van der Waals surface area contributed by atoms with E-state index >= 15 is 0 Å². The van der Waals surface area contributed by atoms with Crippen molar-refractivity contribution in [3.05, 3.63) is 34.4 Å². The molecule has 0 fully saturated rings. The number of rotatable bonds is 8. The molecule has 0 aliphatic heterocycles. The summed E-state index contributed by atoms with van der Waals surface area (Å²) in [7, 11) is 0. The second-order valence-electron chi connectivity index (χ2n) is 11.8. The molecule has 0 amide bonds. The van der Waals surface area contributed by atoms with Crippen LogP contribution in [0.15, 0.2) is 34.4 Å². The van der Waals surface area contributed by atoms with Crippen molar-refractivity contribution in [1.82, 2.24) is 0 Å². The van der Waals surface area contributed by atoms with Crippen molar-refractivity contribution in [2.75, 3.05) is 6.67 Å². The summed E-state index contributed by atoms with van der Waals surface area (Å²) < 4.78 is 13.8. The van der Waals surface area contributed by atoms with Crippen LogP contribution in [0.3, 0.4) is 0 Å². The number of hydrogen-bond donors (Lipinski definition) is 0. The van der Waals surface area contributed by atoms with Gasteiger partial charge < -0.3 is 0 Å². The van der Waals surface area contributed by atoms with Crippen LogP contribution in [0.2, 0.25) is 0 Å². The number of allylic oxidation sites excluding steroid dienone is 6. The first-order valence-electron chi connectivity index (χ1n) is 12.6. The standard InChI is InChI=1S/C29H49F/c1-10-16-28(8)17-12-11-13-25(21(2)19-28)18-23(4)27(6,7)26-15-14-22(3)29(26,9)24(5)20-30/h14-15,23-24H,10-13,16-20H2,1-9H3/b25-21+/t23?,24-,28-,29+/m0/s1. The molecule has 1 unspecified atom stereocenters. The van der Waals surface area contributed by atoms with Gasteiger partial charge in [-0.05, 0) is 75.0 Å². The maximum Gasteiger partial charge on any atom is 0.0931 e. The molecule has 0 N–H and O–H groups in total. The van der Waals surface area contributed by atoms with Crippen molar-refractivity contribution in [3.8, 4) is 0 Å². The summed E-state index contributed by atoms with van der Waals surface area (Å²) in [5.41, 5.74) is 6.49. The fourth-order valence-electron chi connectivity index (χ4n) is 6.40. The van der Waals surface area contributed by atoms with Crippen LogP contribution < -0.4 is 0 Å². The molecule has 2 aliphatic rings. The molecule has 0 saturated heterocycles. The van der Waals surface area contributed by atoms with Crippen LogP contribution in [0.4, 0.5) is 4.39 Å². The largest absolute Gasteiger partial charge is 0.251 e. The molecule has 0 aromatic carbocycles. The predicted molar refractivity (Wildman–Crippen MR) is 131 cm³/mol. The van der Waals surface area contributed by atoms with Crippen molar-refractivity contribution in [2.24, 2.45) is 28.1 Å². The van der Waals surface area contributed by atoms with Gasteiger partial charge in [-0.15, -0.1) is 0 Å². The molecule has 0 heterocycles. The molecule has 30 heavy (non-hydrogen) atoms. The highest BCUT2D eigenvalue weighted by atomic mass is 19.1. The molecule has 2 rings (SSSR count). The third kappa shape index (κ3) is 4.97. The third-order valence-corrected chi connectivity index (χ3v) is 9.23. The highest BCUT2D eigenvalue weighted by Gasteiger charge is 2.46. The lowest BCUT2D eigenvalue weighted by Gasteiger charge is -2.46. The van der Waals surface area contributed by atoms with Crippen molar-refractivity contribution >= 4 is 0 Å². The molecule has 0 spiro atoms. The number of hydrogen-bond acceptors (Lipinski definition) is 0. The van der Waals surface area contributed by atoms with Gasteiger partial charge in [-0.2, -0.15) is 0 Å². The average molecular weight is 417 g/mol. The Balaban J connectivity index is 2.27. The van der Waals surface area contributed by atoms with Gasteiger partial charge >= 0.3 is 0 Å². The van der Waals surface area contributed by atoms with Crippen molar-refractivity contribution in [3.63, 3.8) is 0 Å². The van der Waals surface area contributed by atoms with Crippen molar-refractivity contribution < 1.29 is 4.39 Å². The van der Waals surface area contributed by atoms with E-state index in [4.69, 9.17) is 0 Å². The Labute approximate surface area is 187 Å². The fraction of sp³-hybridized carbons (Fsp3) is 0.793. The SMILES string of the molecule is CCC[C@@]1(C)CCCC/C(CC(C)C(C)(C)C2=CC=C(C)[C@]2(C)[C@@H](C)CF)=C(/C)C1. The Bertz CT molecular complexity index is 691. The summed E-state index contributed by atoms with van der Waals surface area (Å²) in [5, 5.41) is 0. The predicted octanol–water partition coefficient (Wildman–Crippen LogP) is 9.62. The van der Waals surface area contributed by atoms with Gasteiger partial charge in [0.25, 0.3) is 0 Å². The lowest BCUT2D eigenvalue weighted by atomic mass is 9.58. The summed E-state index contributed by atoms with van der Waals surface area (Å²) >= 11 is 0. The summed E-state index contributed by atoms with van der Waals surface area (Å²) in [6.45, 7) is 20.8. The highest BCUT2D eigenvalue weighted by molar-refractivity contribution is 5.43. The van der Waals surface area contributed by atoms with Gasteiger partial charge in [-0.1, -0.05) is 95.8 Å². The van der Waals surface area contributed by atoms with Gasteiger partial charge in [0, 0.05) is 5.41 Å². The molecule has 0 bridgehead atoms. The van der Waals surface area contributed by atoms with E-state index in [1.54, 1.807) is 11.1 Å². The molecule has 2 aliphatic carbocycles. The lowest BCUT2D eigenvalue weighted by Crippen LogP contribution is -2.38. The van der Waals surface area contributed by atoms with E-state index in [1.165, 1.54) is 62.5 Å².